The molecule has 74 valence electrons. The third kappa shape index (κ3) is 1.32. The van der Waals surface area contributed by atoms with Crippen molar-refractivity contribution in [2.45, 2.75) is 6.29 Å². The summed E-state index contributed by atoms with van der Waals surface area (Å²) in [5, 5.41) is 8.50. The number of alkyl halides is 2. The SMILES string of the molecule is O=C(O)c1cc2c(cn1)OC(F)(F)O2. The zero-order chi connectivity index (χ0) is 10.3. The number of fused-ring (bicyclic) bond motifs is 1. The van der Waals surface area contributed by atoms with Gasteiger partial charge in [-0.25, -0.2) is 9.78 Å². The number of nitrogens with zero attached hydrogens (tertiary/aromatic N) is 1. The Morgan fingerprint density at radius 3 is 2.71 bits per heavy atom. The zero-order valence-electron chi connectivity index (χ0n) is 6.53. The summed E-state index contributed by atoms with van der Waals surface area (Å²) >= 11 is 0. The molecule has 1 aromatic rings. The second kappa shape index (κ2) is 2.53. The fraction of sp³-hybridized carbons (Fsp3) is 0.143. The van der Waals surface area contributed by atoms with Gasteiger partial charge in [0.25, 0.3) is 0 Å². The Labute approximate surface area is 75.9 Å². The first-order chi connectivity index (χ1) is 6.48. The van der Waals surface area contributed by atoms with E-state index < -0.39 is 12.3 Å². The predicted octanol–water partition coefficient (Wildman–Crippen LogP) is 1.10. The van der Waals surface area contributed by atoms with E-state index >= 15 is 0 Å². The Kier molecular flexibility index (Phi) is 1.57. The van der Waals surface area contributed by atoms with Gasteiger partial charge in [-0.15, -0.1) is 8.78 Å². The molecule has 1 N–H and O–H groups in total. The van der Waals surface area contributed by atoms with Gasteiger partial charge in [0.1, 0.15) is 0 Å². The molecule has 0 aromatic carbocycles. The molecule has 1 aliphatic heterocycles. The highest BCUT2D eigenvalue weighted by atomic mass is 19.3. The van der Waals surface area contributed by atoms with E-state index in [0.29, 0.717) is 0 Å². The number of pyridine rings is 1. The van der Waals surface area contributed by atoms with Crippen molar-refractivity contribution in [3.8, 4) is 11.5 Å². The van der Waals surface area contributed by atoms with Crippen molar-refractivity contribution in [3.63, 3.8) is 0 Å². The molecular formula is C7H3F2NO4. The summed E-state index contributed by atoms with van der Waals surface area (Å²) in [4.78, 5) is 13.8. The van der Waals surface area contributed by atoms with Crippen molar-refractivity contribution in [2.24, 2.45) is 0 Å². The van der Waals surface area contributed by atoms with Crippen LogP contribution in [0.3, 0.4) is 0 Å². The highest BCUT2D eigenvalue weighted by Gasteiger charge is 2.43. The Hall–Kier alpha value is -1.92. The molecule has 0 saturated heterocycles. The first kappa shape index (κ1) is 8.67. The van der Waals surface area contributed by atoms with Crippen LogP contribution in [0.5, 0.6) is 11.5 Å². The second-order valence-corrected chi connectivity index (χ2v) is 2.49. The summed E-state index contributed by atoms with van der Waals surface area (Å²) in [6.07, 6.45) is -2.87. The van der Waals surface area contributed by atoms with Gasteiger partial charge in [0, 0.05) is 6.07 Å². The highest BCUT2D eigenvalue weighted by molar-refractivity contribution is 5.86. The minimum Gasteiger partial charge on any atom is -0.477 e. The number of hydrogen-bond donors (Lipinski definition) is 1. The van der Waals surface area contributed by atoms with Crippen LogP contribution < -0.4 is 9.47 Å². The first-order valence-electron chi connectivity index (χ1n) is 3.47. The van der Waals surface area contributed by atoms with E-state index in [9.17, 15) is 13.6 Å². The average Bonchev–Trinajstić information content (AvgIpc) is 2.36. The van der Waals surface area contributed by atoms with Crippen LogP contribution in [-0.2, 0) is 0 Å². The highest BCUT2D eigenvalue weighted by Crippen LogP contribution is 2.40. The zero-order valence-corrected chi connectivity index (χ0v) is 6.53. The maximum Gasteiger partial charge on any atom is 0.586 e. The number of carbonyl (C=O) groups is 1. The third-order valence-electron chi connectivity index (χ3n) is 1.51. The van der Waals surface area contributed by atoms with Crippen molar-refractivity contribution in [2.75, 3.05) is 0 Å². The molecule has 0 unspecified atom stereocenters. The lowest BCUT2D eigenvalue weighted by Crippen LogP contribution is -2.25. The van der Waals surface area contributed by atoms with Gasteiger partial charge in [-0.2, -0.15) is 0 Å². The lowest BCUT2D eigenvalue weighted by Gasteiger charge is -2.04. The van der Waals surface area contributed by atoms with Crippen LogP contribution in [0, 0.1) is 0 Å². The van der Waals surface area contributed by atoms with E-state index in [-0.39, 0.29) is 17.2 Å². The second-order valence-electron chi connectivity index (χ2n) is 2.49. The van der Waals surface area contributed by atoms with Crippen molar-refractivity contribution >= 4 is 5.97 Å². The molecular weight excluding hydrogens is 200 g/mol. The van der Waals surface area contributed by atoms with Crippen LogP contribution in [-0.4, -0.2) is 22.4 Å². The standard InChI is InChI=1S/C7H3F2NO4/c8-7(9)13-4-1-3(6(11)12)10-2-5(4)14-7/h1-2H,(H,11,12). The summed E-state index contributed by atoms with van der Waals surface area (Å²) < 4.78 is 32.9. The van der Waals surface area contributed by atoms with Crippen LogP contribution in [0.15, 0.2) is 12.3 Å². The Balaban J connectivity index is 2.40. The Morgan fingerprint density at radius 2 is 2.07 bits per heavy atom. The van der Waals surface area contributed by atoms with E-state index in [4.69, 9.17) is 5.11 Å². The number of aromatic carboxylic acids is 1. The van der Waals surface area contributed by atoms with E-state index in [0.717, 1.165) is 12.3 Å². The minimum absolute atomic E-state index is 0.278. The van der Waals surface area contributed by atoms with Gasteiger partial charge >= 0.3 is 12.3 Å². The Morgan fingerprint density at radius 1 is 1.43 bits per heavy atom. The normalized spacial score (nSPS) is 16.7. The van der Waals surface area contributed by atoms with Crippen LogP contribution in [0.4, 0.5) is 8.78 Å². The summed E-state index contributed by atoms with van der Waals surface area (Å²) in [5.41, 5.74) is -0.384. The fourth-order valence-corrected chi connectivity index (χ4v) is 0.975. The maximum absolute atomic E-state index is 12.5. The van der Waals surface area contributed by atoms with Crippen LogP contribution in [0.2, 0.25) is 0 Å². The number of carboxylic acids is 1. The van der Waals surface area contributed by atoms with Gasteiger partial charge in [0.2, 0.25) is 0 Å². The van der Waals surface area contributed by atoms with E-state index in [1.165, 1.54) is 0 Å². The molecule has 2 rings (SSSR count). The molecule has 0 spiro atoms. The van der Waals surface area contributed by atoms with Gasteiger partial charge in [-0.05, 0) is 0 Å². The molecule has 2 heterocycles. The molecule has 0 amide bonds. The largest absolute Gasteiger partial charge is 0.586 e. The number of hydrogen-bond acceptors (Lipinski definition) is 4. The molecule has 0 saturated carbocycles. The molecule has 0 atom stereocenters. The monoisotopic (exact) mass is 203 g/mol. The smallest absolute Gasteiger partial charge is 0.477 e. The summed E-state index contributed by atoms with van der Waals surface area (Å²) in [5.74, 6) is -1.94. The number of aromatic nitrogens is 1. The molecule has 1 aliphatic rings. The lowest BCUT2D eigenvalue weighted by molar-refractivity contribution is -0.286. The topological polar surface area (TPSA) is 68.7 Å². The van der Waals surface area contributed by atoms with Crippen LogP contribution in [0.25, 0.3) is 0 Å². The van der Waals surface area contributed by atoms with Crippen molar-refractivity contribution in [1.82, 2.24) is 4.98 Å². The van der Waals surface area contributed by atoms with Crippen molar-refractivity contribution in [3.05, 3.63) is 18.0 Å². The average molecular weight is 203 g/mol. The molecule has 0 bridgehead atoms. The minimum atomic E-state index is -3.75. The van der Waals surface area contributed by atoms with Gasteiger partial charge in [0.15, 0.2) is 17.2 Å². The van der Waals surface area contributed by atoms with Crippen molar-refractivity contribution < 1.29 is 28.2 Å². The summed E-state index contributed by atoms with van der Waals surface area (Å²) in [7, 11) is 0. The van der Waals surface area contributed by atoms with E-state index in [2.05, 4.69) is 14.5 Å². The van der Waals surface area contributed by atoms with Crippen LogP contribution >= 0.6 is 0 Å². The van der Waals surface area contributed by atoms with Gasteiger partial charge in [-0.1, -0.05) is 0 Å². The van der Waals surface area contributed by atoms with E-state index in [1.54, 1.807) is 0 Å². The third-order valence-corrected chi connectivity index (χ3v) is 1.51. The quantitative estimate of drug-likeness (QED) is 0.740. The molecule has 7 heteroatoms. The Bertz CT molecular complexity index is 407. The fourth-order valence-electron chi connectivity index (χ4n) is 0.975. The van der Waals surface area contributed by atoms with E-state index in [1.807, 2.05) is 0 Å². The van der Waals surface area contributed by atoms with Crippen LogP contribution in [0.1, 0.15) is 10.5 Å². The molecule has 5 nitrogen and oxygen atoms in total. The number of halogens is 2. The summed E-state index contributed by atoms with van der Waals surface area (Å²) in [6.45, 7) is 0. The van der Waals surface area contributed by atoms with Gasteiger partial charge < -0.3 is 14.6 Å². The maximum atomic E-state index is 12.5. The van der Waals surface area contributed by atoms with Gasteiger partial charge in [0.05, 0.1) is 6.20 Å². The number of rotatable bonds is 1. The molecule has 1 aromatic heterocycles. The lowest BCUT2D eigenvalue weighted by atomic mass is 10.3. The first-order valence-corrected chi connectivity index (χ1v) is 3.47. The predicted molar refractivity (Wildman–Crippen MR) is 37.4 cm³/mol. The molecule has 14 heavy (non-hydrogen) atoms. The molecule has 0 aliphatic carbocycles. The van der Waals surface area contributed by atoms with Crippen molar-refractivity contribution in [1.29, 1.82) is 0 Å². The number of carboxylic acid groups (broad SMARTS) is 1. The van der Waals surface area contributed by atoms with Gasteiger partial charge in [-0.3, -0.25) is 0 Å². The summed E-state index contributed by atoms with van der Waals surface area (Å²) in [6, 6.07) is 0.874. The number of ether oxygens (including phenoxy) is 2. The molecule has 0 radical (unpaired) electrons. The molecule has 0 fully saturated rings.